The number of hydrogen-bond acceptors (Lipinski definition) is 1. The highest BCUT2D eigenvalue weighted by Gasteiger charge is 1.99. The highest BCUT2D eigenvalue weighted by molar-refractivity contribution is 5.66. The average Bonchev–Trinajstić information content (AvgIpc) is 2.21. The summed E-state index contributed by atoms with van der Waals surface area (Å²) in [6.45, 7) is 10.7. The van der Waals surface area contributed by atoms with E-state index in [1.54, 1.807) is 0 Å². The zero-order valence-corrected chi connectivity index (χ0v) is 10.7. The van der Waals surface area contributed by atoms with Crippen LogP contribution < -0.4 is 0 Å². The van der Waals surface area contributed by atoms with E-state index in [2.05, 4.69) is 45.7 Å². The molecule has 0 aliphatic heterocycles. The molecule has 1 aromatic heterocycles. The first kappa shape index (κ1) is 13.9. The number of nitrogens with zero attached hydrogens (tertiary/aromatic N) is 1. The van der Waals surface area contributed by atoms with E-state index in [1.807, 2.05) is 18.5 Å². The second kappa shape index (κ2) is 8.22. The molecule has 0 aromatic carbocycles. The van der Waals surface area contributed by atoms with Crippen LogP contribution in [0.1, 0.15) is 53.0 Å². The molecular formula is C14H23N. The summed E-state index contributed by atoms with van der Waals surface area (Å²) in [6.07, 6.45) is 6.06. The normalized spacial score (nSPS) is 8.87. The van der Waals surface area contributed by atoms with Gasteiger partial charge in [-0.25, -0.2) is 0 Å². The molecule has 0 saturated carbocycles. The summed E-state index contributed by atoms with van der Waals surface area (Å²) < 4.78 is 0. The van der Waals surface area contributed by atoms with E-state index in [4.69, 9.17) is 0 Å². The minimum atomic E-state index is 1.08. The SMILES string of the molecule is CCC.CCC(=C(C)C)c1cccnc1. The van der Waals surface area contributed by atoms with E-state index < -0.39 is 0 Å². The van der Waals surface area contributed by atoms with E-state index in [9.17, 15) is 0 Å². The van der Waals surface area contributed by atoms with Gasteiger partial charge >= 0.3 is 0 Å². The van der Waals surface area contributed by atoms with Gasteiger partial charge in [-0.3, -0.25) is 4.98 Å². The highest BCUT2D eigenvalue weighted by Crippen LogP contribution is 2.20. The van der Waals surface area contributed by atoms with Gasteiger partial charge in [0.2, 0.25) is 0 Å². The van der Waals surface area contributed by atoms with Gasteiger partial charge in [-0.15, -0.1) is 0 Å². The van der Waals surface area contributed by atoms with Gasteiger partial charge in [-0.05, 0) is 37.5 Å². The third-order valence-electron chi connectivity index (χ3n) is 1.97. The highest BCUT2D eigenvalue weighted by atomic mass is 14.6. The monoisotopic (exact) mass is 205 g/mol. The van der Waals surface area contributed by atoms with Crippen LogP contribution in [0, 0.1) is 0 Å². The van der Waals surface area contributed by atoms with Crippen LogP contribution in [0.4, 0.5) is 0 Å². The number of rotatable bonds is 2. The van der Waals surface area contributed by atoms with Gasteiger partial charge in [-0.2, -0.15) is 0 Å². The summed E-state index contributed by atoms with van der Waals surface area (Å²) >= 11 is 0. The van der Waals surface area contributed by atoms with Gasteiger partial charge in [0.05, 0.1) is 0 Å². The molecule has 0 bridgehead atoms. The lowest BCUT2D eigenvalue weighted by Gasteiger charge is -2.05. The first-order valence-corrected chi connectivity index (χ1v) is 5.74. The Balaban J connectivity index is 0.000000583. The molecule has 0 unspecified atom stereocenters. The third kappa shape index (κ3) is 5.36. The predicted octanol–water partition coefficient (Wildman–Crippen LogP) is 4.70. The van der Waals surface area contributed by atoms with Crippen molar-refractivity contribution in [2.24, 2.45) is 0 Å². The van der Waals surface area contributed by atoms with Crippen molar-refractivity contribution < 1.29 is 0 Å². The standard InChI is InChI=1S/C11H15N.C3H8/c1-4-11(9(2)3)10-6-5-7-12-8-10;1-3-2/h5-8H,4H2,1-3H3;3H2,1-2H3. The minimum absolute atomic E-state index is 1.08. The van der Waals surface area contributed by atoms with Crippen LogP contribution in [0.3, 0.4) is 0 Å². The molecular weight excluding hydrogens is 182 g/mol. The van der Waals surface area contributed by atoms with Crippen molar-refractivity contribution in [3.63, 3.8) is 0 Å². The summed E-state index contributed by atoms with van der Waals surface area (Å²) in [6, 6.07) is 4.09. The number of pyridine rings is 1. The molecule has 1 heterocycles. The maximum absolute atomic E-state index is 4.10. The van der Waals surface area contributed by atoms with Crippen molar-refractivity contribution in [2.45, 2.75) is 47.5 Å². The zero-order chi connectivity index (χ0) is 11.7. The van der Waals surface area contributed by atoms with Gasteiger partial charge < -0.3 is 0 Å². The summed E-state index contributed by atoms with van der Waals surface area (Å²) in [5.41, 5.74) is 4.04. The Morgan fingerprint density at radius 1 is 1.20 bits per heavy atom. The predicted molar refractivity (Wildman–Crippen MR) is 68.8 cm³/mol. The van der Waals surface area contributed by atoms with Gasteiger partial charge in [-0.1, -0.05) is 38.8 Å². The van der Waals surface area contributed by atoms with Gasteiger partial charge in [0.15, 0.2) is 0 Å². The van der Waals surface area contributed by atoms with Crippen LogP contribution >= 0.6 is 0 Å². The van der Waals surface area contributed by atoms with Crippen molar-refractivity contribution in [1.29, 1.82) is 0 Å². The number of allylic oxidation sites excluding steroid dienone is 2. The first-order chi connectivity index (χ1) is 7.17. The lowest BCUT2D eigenvalue weighted by Crippen LogP contribution is -1.86. The fourth-order valence-corrected chi connectivity index (χ4v) is 1.39. The molecule has 0 spiro atoms. The lowest BCUT2D eigenvalue weighted by molar-refractivity contribution is 1.09. The van der Waals surface area contributed by atoms with Crippen molar-refractivity contribution in [3.05, 3.63) is 35.7 Å². The Morgan fingerprint density at radius 3 is 2.13 bits per heavy atom. The Hall–Kier alpha value is -1.11. The Kier molecular flexibility index (Phi) is 7.61. The molecule has 0 fully saturated rings. The van der Waals surface area contributed by atoms with E-state index in [-0.39, 0.29) is 0 Å². The Morgan fingerprint density at radius 2 is 1.80 bits per heavy atom. The third-order valence-corrected chi connectivity index (χ3v) is 1.97. The molecule has 0 aliphatic carbocycles. The van der Waals surface area contributed by atoms with E-state index in [0.29, 0.717) is 0 Å². The summed E-state index contributed by atoms with van der Waals surface area (Å²) in [5, 5.41) is 0. The topological polar surface area (TPSA) is 12.9 Å². The van der Waals surface area contributed by atoms with E-state index in [0.717, 1.165) is 6.42 Å². The van der Waals surface area contributed by atoms with Gasteiger partial charge in [0, 0.05) is 12.4 Å². The smallest absolute Gasteiger partial charge is 0.0343 e. The van der Waals surface area contributed by atoms with Crippen molar-refractivity contribution in [1.82, 2.24) is 4.98 Å². The molecule has 1 rings (SSSR count). The van der Waals surface area contributed by atoms with Crippen molar-refractivity contribution >= 4 is 5.57 Å². The Labute approximate surface area is 94.3 Å². The molecule has 0 atom stereocenters. The molecule has 84 valence electrons. The summed E-state index contributed by atoms with van der Waals surface area (Å²) in [4.78, 5) is 4.10. The van der Waals surface area contributed by atoms with Crippen LogP contribution in [0.5, 0.6) is 0 Å². The quantitative estimate of drug-likeness (QED) is 0.682. The van der Waals surface area contributed by atoms with Gasteiger partial charge in [0.1, 0.15) is 0 Å². The number of hydrogen-bond donors (Lipinski definition) is 0. The van der Waals surface area contributed by atoms with Crippen LogP contribution in [-0.4, -0.2) is 4.98 Å². The average molecular weight is 205 g/mol. The first-order valence-electron chi connectivity index (χ1n) is 5.74. The molecule has 1 nitrogen and oxygen atoms in total. The maximum atomic E-state index is 4.10. The summed E-state index contributed by atoms with van der Waals surface area (Å²) in [7, 11) is 0. The molecule has 1 heteroatoms. The molecule has 0 N–H and O–H groups in total. The fraction of sp³-hybridized carbons (Fsp3) is 0.500. The van der Waals surface area contributed by atoms with Crippen molar-refractivity contribution in [2.75, 3.05) is 0 Å². The van der Waals surface area contributed by atoms with E-state index >= 15 is 0 Å². The van der Waals surface area contributed by atoms with Gasteiger partial charge in [0.25, 0.3) is 0 Å². The summed E-state index contributed by atoms with van der Waals surface area (Å²) in [5.74, 6) is 0. The second-order valence-electron chi connectivity index (χ2n) is 3.78. The molecule has 0 aliphatic rings. The molecule has 0 radical (unpaired) electrons. The second-order valence-corrected chi connectivity index (χ2v) is 3.78. The molecule has 1 aromatic rings. The van der Waals surface area contributed by atoms with Crippen molar-refractivity contribution in [3.8, 4) is 0 Å². The van der Waals surface area contributed by atoms with Crippen LogP contribution in [-0.2, 0) is 0 Å². The van der Waals surface area contributed by atoms with Crippen LogP contribution in [0.25, 0.3) is 5.57 Å². The van der Waals surface area contributed by atoms with E-state index in [1.165, 1.54) is 23.1 Å². The van der Waals surface area contributed by atoms with Crippen LogP contribution in [0.2, 0.25) is 0 Å². The van der Waals surface area contributed by atoms with Crippen LogP contribution in [0.15, 0.2) is 30.1 Å². The number of aromatic nitrogens is 1. The molecule has 15 heavy (non-hydrogen) atoms. The molecule has 0 amide bonds. The lowest BCUT2D eigenvalue weighted by atomic mass is 10.0. The fourth-order valence-electron chi connectivity index (χ4n) is 1.39. The Bertz CT molecular complexity index is 281. The molecule has 0 saturated heterocycles. The maximum Gasteiger partial charge on any atom is 0.0343 e. The largest absolute Gasteiger partial charge is 0.264 e. The zero-order valence-electron chi connectivity index (χ0n) is 10.7. The minimum Gasteiger partial charge on any atom is -0.264 e.